The summed E-state index contributed by atoms with van der Waals surface area (Å²) in [5.41, 5.74) is 0. The van der Waals surface area contributed by atoms with E-state index in [1.54, 1.807) is 0 Å². The molecular formula is H43AlO22Si. The average Bonchev–Trinajstić information content (AvgIpc) is 0.722. The van der Waals surface area contributed by atoms with E-state index in [0.29, 0.717) is 0 Å². The molecule has 22 nitrogen and oxygen atoms in total. The van der Waals surface area contributed by atoms with Crippen LogP contribution in [0.2, 0.25) is 0 Å². The topological polar surface area (TPSA) is 648 Å². The van der Waals surface area contributed by atoms with Crippen LogP contribution in [0.3, 0.4) is 0 Å². The largest absolute Gasteiger partial charge is 0.668 e. The molecule has 0 aromatic rings. The van der Waals surface area contributed by atoms with Crippen LogP contribution >= 0.6 is 0 Å². The lowest BCUT2D eigenvalue weighted by Crippen LogP contribution is -2.33. The Bertz CT molecular complexity index is 27.4. The third kappa shape index (κ3) is 558000. The molecule has 24 heteroatoms. The Morgan fingerprint density at radius 3 is 0.250 bits per heavy atom. The normalized spacial score (nSPS) is 2.50. The summed E-state index contributed by atoms with van der Waals surface area (Å²) in [6.45, 7) is 0. The molecule has 0 amide bonds. The molecule has 0 heterocycles. The van der Waals surface area contributed by atoms with E-state index < -0.39 is 9.05 Å². The van der Waals surface area contributed by atoms with Gasteiger partial charge in [-0.15, -0.1) is 0 Å². The lowest BCUT2D eigenvalue weighted by molar-refractivity contribution is 0.117. The second-order valence-corrected chi connectivity index (χ2v) is 1.80. The molecule has 0 rings (SSSR count). The van der Waals surface area contributed by atoms with Gasteiger partial charge in [-0.05, 0) is 0 Å². The maximum absolute atomic E-state index is 7.33. The lowest BCUT2D eigenvalue weighted by atomic mass is 15.7. The number of hydrogen-bond donors (Lipinski definition) is 4. The standard InChI is InChI=1S/Al.H4O4Si.18H2O.3H/c;1-5(2,3)4;;;;;;;;;;;;;;;;;;;;;/h;1-4H;18*1H2;;;. The summed E-state index contributed by atoms with van der Waals surface area (Å²) in [5.74, 6) is 0. The SMILES string of the molecule is O.O.O.O.O.O.O.O.O.O.O.O.O.O.O.O.O.O.O[Si](O)(O)O.[AlH3]. The zero-order valence-corrected chi connectivity index (χ0v) is 12.3. The van der Waals surface area contributed by atoms with Crippen LogP contribution in [0.5, 0.6) is 0 Å². The highest BCUT2D eigenvalue weighted by atomic mass is 28.4. The van der Waals surface area contributed by atoms with Gasteiger partial charge in [-0.2, -0.15) is 0 Å². The molecule has 0 aliphatic carbocycles. The molecule has 0 aliphatic heterocycles. The summed E-state index contributed by atoms with van der Waals surface area (Å²) < 4.78 is 0. The van der Waals surface area contributed by atoms with Crippen molar-refractivity contribution in [2.45, 2.75) is 0 Å². The first kappa shape index (κ1) is 834. The summed E-state index contributed by atoms with van der Waals surface area (Å²) in [7, 11) is -4.61. The summed E-state index contributed by atoms with van der Waals surface area (Å²) in [6.07, 6.45) is 0. The molecule has 182 valence electrons. The minimum absolute atomic E-state index is 0. The van der Waals surface area contributed by atoms with Crippen LogP contribution in [-0.4, -0.2) is 144 Å². The van der Waals surface area contributed by atoms with Gasteiger partial charge in [0.05, 0.1) is 0 Å². The Balaban J connectivity index is -0.000000000468. The van der Waals surface area contributed by atoms with Gasteiger partial charge in [-0.3, -0.25) is 0 Å². The molecule has 0 radical (unpaired) electrons. The van der Waals surface area contributed by atoms with Crippen LogP contribution < -0.4 is 0 Å². The smallest absolute Gasteiger partial charge is 0.412 e. The summed E-state index contributed by atoms with van der Waals surface area (Å²) in [5, 5.41) is 0. The van der Waals surface area contributed by atoms with Crippen LogP contribution in [0.25, 0.3) is 0 Å². The minimum Gasteiger partial charge on any atom is -0.412 e. The van der Waals surface area contributed by atoms with Crippen LogP contribution in [0.4, 0.5) is 0 Å². The van der Waals surface area contributed by atoms with E-state index >= 15 is 0 Å². The van der Waals surface area contributed by atoms with Crippen LogP contribution in [-0.2, 0) is 0 Å². The Hall–Kier alpha value is -0.131. The van der Waals surface area contributed by atoms with Crippen molar-refractivity contribution in [3.05, 3.63) is 0 Å². The van der Waals surface area contributed by atoms with Gasteiger partial charge in [0.1, 0.15) is 0 Å². The molecule has 40 N–H and O–H groups in total. The molecule has 0 fully saturated rings. The first-order valence-corrected chi connectivity index (χ1v) is 2.68. The van der Waals surface area contributed by atoms with E-state index in [0.717, 1.165) is 0 Å². The second kappa shape index (κ2) is 318. The fraction of sp³-hybridized carbons (Fsp3) is 0. The van der Waals surface area contributed by atoms with Crippen molar-refractivity contribution in [3.63, 3.8) is 0 Å². The van der Waals surface area contributed by atoms with Gasteiger partial charge in [0.2, 0.25) is 0 Å². The maximum atomic E-state index is 7.33. The van der Waals surface area contributed by atoms with Crippen molar-refractivity contribution >= 4 is 26.4 Å². The zero-order valence-electron chi connectivity index (χ0n) is 11.3. The van der Waals surface area contributed by atoms with Crippen molar-refractivity contribution in [1.82, 2.24) is 0 Å². The Morgan fingerprint density at radius 2 is 0.250 bits per heavy atom. The predicted octanol–water partition coefficient (Wildman–Crippen LogP) is -18.6. The molecule has 0 saturated carbocycles. The molecule has 0 aliphatic rings. The van der Waals surface area contributed by atoms with E-state index in [1.165, 1.54) is 0 Å². The highest BCUT2D eigenvalue weighted by Gasteiger charge is 2.22. The molecule has 0 spiro atoms. The monoisotopic (exact) mass is 450 g/mol. The van der Waals surface area contributed by atoms with Crippen LogP contribution in [0, 0.1) is 0 Å². The van der Waals surface area contributed by atoms with E-state index in [9.17, 15) is 0 Å². The number of hydrogen-bond acceptors (Lipinski definition) is 4. The van der Waals surface area contributed by atoms with Crippen LogP contribution in [0.15, 0.2) is 0 Å². The maximum Gasteiger partial charge on any atom is 0.668 e. The Kier molecular flexibility index (Phi) is 11000. The average molecular weight is 450 g/mol. The van der Waals surface area contributed by atoms with Crippen molar-refractivity contribution in [2.75, 3.05) is 0 Å². The third-order valence-corrected chi connectivity index (χ3v) is 0. The van der Waals surface area contributed by atoms with Gasteiger partial charge in [-0.1, -0.05) is 0 Å². The van der Waals surface area contributed by atoms with E-state index in [-0.39, 0.29) is 116 Å². The van der Waals surface area contributed by atoms with Gasteiger partial charge in [0.15, 0.2) is 17.4 Å². The van der Waals surface area contributed by atoms with Gasteiger partial charge in [0.25, 0.3) is 0 Å². The molecule has 24 heavy (non-hydrogen) atoms. The first-order chi connectivity index (χ1) is 2.00. The summed E-state index contributed by atoms with van der Waals surface area (Å²) in [4.78, 5) is 29.3. The third-order valence-electron chi connectivity index (χ3n) is 0. The van der Waals surface area contributed by atoms with Gasteiger partial charge in [0, 0.05) is 0 Å². The van der Waals surface area contributed by atoms with Crippen LogP contribution in [0.1, 0.15) is 0 Å². The zero-order chi connectivity index (χ0) is 4.50. The molecular weight excluding hydrogens is 407 g/mol. The second-order valence-electron chi connectivity index (χ2n) is 0.600. The molecule has 0 aromatic heterocycles. The highest BCUT2D eigenvalue weighted by molar-refractivity contribution is 6.46. The fourth-order valence-corrected chi connectivity index (χ4v) is 0. The highest BCUT2D eigenvalue weighted by Crippen LogP contribution is 1.67. The molecule has 0 unspecified atom stereocenters. The van der Waals surface area contributed by atoms with Gasteiger partial charge >= 0.3 is 9.05 Å². The lowest BCUT2D eigenvalue weighted by Gasteiger charge is -1.91. The summed E-state index contributed by atoms with van der Waals surface area (Å²) in [6, 6.07) is 0. The number of rotatable bonds is 0. The summed E-state index contributed by atoms with van der Waals surface area (Å²) >= 11 is 0. The van der Waals surface area contributed by atoms with E-state index in [4.69, 9.17) is 19.2 Å². The molecule has 0 aromatic carbocycles. The molecule has 0 bridgehead atoms. The molecule has 0 atom stereocenters. The van der Waals surface area contributed by atoms with Crippen molar-refractivity contribution in [2.24, 2.45) is 0 Å². The molecule has 0 saturated heterocycles. The quantitative estimate of drug-likeness (QED) is 0.261. The predicted molar refractivity (Wildman–Crippen MR) is 89.6 cm³/mol. The van der Waals surface area contributed by atoms with Crippen molar-refractivity contribution in [3.8, 4) is 0 Å². The van der Waals surface area contributed by atoms with Gasteiger partial charge < -0.3 is 118 Å². The van der Waals surface area contributed by atoms with Crippen molar-refractivity contribution < 1.29 is 118 Å². The fourth-order valence-electron chi connectivity index (χ4n) is 0. The van der Waals surface area contributed by atoms with Crippen molar-refractivity contribution in [1.29, 1.82) is 0 Å². The minimum atomic E-state index is -4.61. The first-order valence-electron chi connectivity index (χ1n) is 0.894. The van der Waals surface area contributed by atoms with E-state index in [2.05, 4.69) is 0 Å². The van der Waals surface area contributed by atoms with Gasteiger partial charge in [-0.25, -0.2) is 0 Å². The Morgan fingerprint density at radius 1 is 0.250 bits per heavy atom. The van der Waals surface area contributed by atoms with E-state index in [1.807, 2.05) is 0 Å². The Labute approximate surface area is 145 Å².